The molecule has 1 N–H and O–H groups in total. The predicted molar refractivity (Wildman–Crippen MR) is 103 cm³/mol. The van der Waals surface area contributed by atoms with E-state index in [0.29, 0.717) is 33.5 Å². The maximum atomic E-state index is 14.4. The zero-order valence-electron chi connectivity index (χ0n) is 14.7. The van der Waals surface area contributed by atoms with E-state index in [4.69, 9.17) is 0 Å². The Balaban J connectivity index is 1.56. The van der Waals surface area contributed by atoms with Gasteiger partial charge in [-0.05, 0) is 48.7 Å². The van der Waals surface area contributed by atoms with Crippen molar-refractivity contribution in [1.29, 1.82) is 0 Å². The molecule has 1 heterocycles. The normalized spacial score (nSPS) is 10.8. The van der Waals surface area contributed by atoms with Crippen LogP contribution < -0.4 is 5.32 Å². The van der Waals surface area contributed by atoms with Gasteiger partial charge in [0.15, 0.2) is 0 Å². The van der Waals surface area contributed by atoms with Crippen LogP contribution in [0.1, 0.15) is 23.4 Å². The first-order valence-corrected chi connectivity index (χ1v) is 9.22. The Labute approximate surface area is 164 Å². The molecule has 0 unspecified atom stereocenters. The third-order valence-corrected chi connectivity index (χ3v) is 4.72. The SMILES string of the molecule is Cc1nccn1-c1ccc(CNC(=O)CCc2ccc(Br)cc2F)cc1F. The van der Waals surface area contributed by atoms with Gasteiger partial charge in [-0.25, -0.2) is 13.8 Å². The van der Waals surface area contributed by atoms with E-state index in [2.05, 4.69) is 26.2 Å². The number of halogens is 3. The highest BCUT2D eigenvalue weighted by molar-refractivity contribution is 9.10. The van der Waals surface area contributed by atoms with Crippen LogP contribution in [0, 0.1) is 18.6 Å². The molecule has 0 aliphatic heterocycles. The molecule has 2 aromatic carbocycles. The summed E-state index contributed by atoms with van der Waals surface area (Å²) in [6, 6.07) is 9.57. The van der Waals surface area contributed by atoms with Crippen LogP contribution in [0.25, 0.3) is 5.69 Å². The van der Waals surface area contributed by atoms with E-state index in [1.807, 2.05) is 0 Å². The summed E-state index contributed by atoms with van der Waals surface area (Å²) in [6.45, 7) is 2.00. The molecule has 3 rings (SSSR count). The molecule has 3 aromatic rings. The third kappa shape index (κ3) is 4.80. The summed E-state index contributed by atoms with van der Waals surface area (Å²) in [6.07, 6.45) is 3.76. The first-order valence-electron chi connectivity index (χ1n) is 8.43. The summed E-state index contributed by atoms with van der Waals surface area (Å²) in [5, 5.41) is 2.74. The van der Waals surface area contributed by atoms with Gasteiger partial charge in [0.2, 0.25) is 5.91 Å². The van der Waals surface area contributed by atoms with Crippen LogP contribution in [0.4, 0.5) is 8.78 Å². The van der Waals surface area contributed by atoms with Crippen molar-refractivity contribution >= 4 is 21.8 Å². The van der Waals surface area contributed by atoms with E-state index in [9.17, 15) is 13.6 Å². The molecule has 1 amide bonds. The molecular formula is C20H18BrF2N3O. The average Bonchev–Trinajstić information content (AvgIpc) is 3.05. The van der Waals surface area contributed by atoms with E-state index in [1.54, 1.807) is 48.1 Å². The van der Waals surface area contributed by atoms with Crippen molar-refractivity contribution in [1.82, 2.24) is 14.9 Å². The lowest BCUT2D eigenvalue weighted by molar-refractivity contribution is -0.121. The highest BCUT2D eigenvalue weighted by Gasteiger charge is 2.10. The topological polar surface area (TPSA) is 46.9 Å². The zero-order valence-corrected chi connectivity index (χ0v) is 16.3. The molecule has 0 bridgehead atoms. The second-order valence-electron chi connectivity index (χ2n) is 6.14. The van der Waals surface area contributed by atoms with Crippen LogP contribution in [0.5, 0.6) is 0 Å². The van der Waals surface area contributed by atoms with Crippen molar-refractivity contribution in [3.05, 3.63) is 81.9 Å². The van der Waals surface area contributed by atoms with Crippen LogP contribution in [0.2, 0.25) is 0 Å². The minimum atomic E-state index is -0.389. The largest absolute Gasteiger partial charge is 0.352 e. The second-order valence-corrected chi connectivity index (χ2v) is 7.06. The fourth-order valence-electron chi connectivity index (χ4n) is 2.75. The van der Waals surface area contributed by atoms with Gasteiger partial charge in [0.05, 0.1) is 5.69 Å². The number of imidazole rings is 1. The summed E-state index contributed by atoms with van der Waals surface area (Å²) >= 11 is 3.20. The van der Waals surface area contributed by atoms with E-state index in [0.717, 1.165) is 0 Å². The Kier molecular flexibility index (Phi) is 6.01. The van der Waals surface area contributed by atoms with E-state index < -0.39 is 0 Å². The first kappa shape index (κ1) is 19.2. The van der Waals surface area contributed by atoms with Crippen LogP contribution >= 0.6 is 15.9 Å². The number of aromatic nitrogens is 2. The Morgan fingerprint density at radius 1 is 1.19 bits per heavy atom. The maximum absolute atomic E-state index is 14.4. The van der Waals surface area contributed by atoms with Gasteiger partial charge in [0.1, 0.15) is 17.5 Å². The van der Waals surface area contributed by atoms with Crippen molar-refractivity contribution in [2.45, 2.75) is 26.3 Å². The standard InChI is InChI=1S/C20H18BrF2N3O/c1-13-24-8-9-26(13)19-6-2-14(10-18(19)23)12-25-20(27)7-4-15-3-5-16(21)11-17(15)22/h2-3,5-6,8-11H,4,7,12H2,1H3,(H,25,27). The van der Waals surface area contributed by atoms with E-state index in [1.165, 1.54) is 12.1 Å². The molecule has 0 aliphatic carbocycles. The fraction of sp³-hybridized carbons (Fsp3) is 0.200. The molecule has 7 heteroatoms. The van der Waals surface area contributed by atoms with Crippen molar-refractivity contribution in [2.24, 2.45) is 0 Å². The summed E-state index contributed by atoms with van der Waals surface area (Å²) in [5.74, 6) is -0.258. The predicted octanol–water partition coefficient (Wildman–Crippen LogP) is 4.47. The van der Waals surface area contributed by atoms with Gasteiger partial charge in [0, 0.05) is 29.8 Å². The molecule has 140 valence electrons. The van der Waals surface area contributed by atoms with Gasteiger partial charge in [-0.15, -0.1) is 0 Å². The van der Waals surface area contributed by atoms with Crippen LogP contribution in [0.3, 0.4) is 0 Å². The van der Waals surface area contributed by atoms with Crippen LogP contribution in [-0.2, 0) is 17.8 Å². The van der Waals surface area contributed by atoms with E-state index in [-0.39, 0.29) is 30.5 Å². The Hall–Kier alpha value is -2.54. The van der Waals surface area contributed by atoms with Gasteiger partial charge in [-0.3, -0.25) is 4.79 Å². The molecule has 27 heavy (non-hydrogen) atoms. The third-order valence-electron chi connectivity index (χ3n) is 4.22. The minimum Gasteiger partial charge on any atom is -0.352 e. The smallest absolute Gasteiger partial charge is 0.220 e. The molecular weight excluding hydrogens is 416 g/mol. The van der Waals surface area contributed by atoms with Crippen molar-refractivity contribution in [3.63, 3.8) is 0 Å². The maximum Gasteiger partial charge on any atom is 0.220 e. The lowest BCUT2D eigenvalue weighted by Crippen LogP contribution is -2.23. The lowest BCUT2D eigenvalue weighted by atomic mass is 10.1. The van der Waals surface area contributed by atoms with Gasteiger partial charge in [-0.2, -0.15) is 0 Å². The summed E-state index contributed by atoms with van der Waals surface area (Å²) in [5.41, 5.74) is 1.54. The summed E-state index contributed by atoms with van der Waals surface area (Å²) in [4.78, 5) is 16.1. The number of hydrogen-bond donors (Lipinski definition) is 1. The Morgan fingerprint density at radius 2 is 2.00 bits per heavy atom. The number of nitrogens with zero attached hydrogens (tertiary/aromatic N) is 2. The van der Waals surface area contributed by atoms with E-state index >= 15 is 0 Å². The quantitative estimate of drug-likeness (QED) is 0.623. The number of hydrogen-bond acceptors (Lipinski definition) is 2. The van der Waals surface area contributed by atoms with Gasteiger partial charge < -0.3 is 9.88 Å². The number of aryl methyl sites for hydroxylation is 2. The zero-order chi connectivity index (χ0) is 19.4. The Bertz CT molecular complexity index is 972. The Morgan fingerprint density at radius 3 is 2.67 bits per heavy atom. The molecule has 4 nitrogen and oxygen atoms in total. The number of carbonyl (C=O) groups is 1. The van der Waals surface area contributed by atoms with Gasteiger partial charge in [0.25, 0.3) is 0 Å². The second kappa shape index (κ2) is 8.43. The number of benzene rings is 2. The number of rotatable bonds is 6. The monoisotopic (exact) mass is 433 g/mol. The minimum absolute atomic E-state index is 0.160. The van der Waals surface area contributed by atoms with Crippen LogP contribution in [0.15, 0.2) is 53.3 Å². The van der Waals surface area contributed by atoms with Crippen molar-refractivity contribution < 1.29 is 13.6 Å². The molecule has 1 aromatic heterocycles. The van der Waals surface area contributed by atoms with Crippen LogP contribution in [-0.4, -0.2) is 15.5 Å². The molecule has 0 saturated carbocycles. The molecule has 0 atom stereocenters. The number of carbonyl (C=O) groups excluding carboxylic acids is 1. The van der Waals surface area contributed by atoms with Gasteiger partial charge >= 0.3 is 0 Å². The molecule has 0 fully saturated rings. The highest BCUT2D eigenvalue weighted by atomic mass is 79.9. The molecule has 0 aliphatic rings. The molecule has 0 saturated heterocycles. The number of nitrogens with one attached hydrogen (secondary N) is 1. The van der Waals surface area contributed by atoms with Crippen molar-refractivity contribution in [2.75, 3.05) is 0 Å². The summed E-state index contributed by atoms with van der Waals surface area (Å²) in [7, 11) is 0. The molecule has 0 radical (unpaired) electrons. The number of amides is 1. The molecule has 0 spiro atoms. The van der Waals surface area contributed by atoms with Crippen molar-refractivity contribution in [3.8, 4) is 5.69 Å². The average molecular weight is 434 g/mol. The van der Waals surface area contributed by atoms with Gasteiger partial charge in [-0.1, -0.05) is 28.1 Å². The lowest BCUT2D eigenvalue weighted by Gasteiger charge is -2.10. The first-order chi connectivity index (χ1) is 12.9. The highest BCUT2D eigenvalue weighted by Crippen LogP contribution is 2.18. The summed E-state index contributed by atoms with van der Waals surface area (Å²) < 4.78 is 30.4. The fourth-order valence-corrected chi connectivity index (χ4v) is 3.08.